The van der Waals surface area contributed by atoms with Crippen molar-refractivity contribution in [2.75, 3.05) is 25.2 Å². The van der Waals surface area contributed by atoms with Gasteiger partial charge in [-0.25, -0.2) is 8.42 Å². The topological polar surface area (TPSA) is 55.4 Å². The number of sulfone groups is 1. The van der Waals surface area contributed by atoms with E-state index in [1.807, 2.05) is 25.2 Å². The van der Waals surface area contributed by atoms with Gasteiger partial charge in [-0.15, -0.1) is 0 Å². The van der Waals surface area contributed by atoms with Gasteiger partial charge in [0.15, 0.2) is 9.84 Å². The first kappa shape index (κ1) is 15.5. The maximum atomic E-state index is 11.4. The normalized spacial score (nSPS) is 11.5. The lowest BCUT2D eigenvalue weighted by Gasteiger charge is -2.11. The summed E-state index contributed by atoms with van der Waals surface area (Å²) in [5.74, 6) is 0.928. The third-order valence-electron chi connectivity index (χ3n) is 2.48. The van der Waals surface area contributed by atoms with Crippen molar-refractivity contribution in [3.05, 3.63) is 28.2 Å². The van der Waals surface area contributed by atoms with Gasteiger partial charge in [0.25, 0.3) is 0 Å². The van der Waals surface area contributed by atoms with Crippen molar-refractivity contribution in [1.82, 2.24) is 5.32 Å². The zero-order chi connectivity index (χ0) is 13.6. The Balaban J connectivity index is 2.67. The minimum Gasteiger partial charge on any atom is -0.492 e. The Morgan fingerprint density at radius 2 is 2.11 bits per heavy atom. The second-order valence-corrected chi connectivity index (χ2v) is 7.26. The molecular formula is C12H18BrNO3S. The lowest BCUT2D eigenvalue weighted by molar-refractivity contribution is 0.336. The van der Waals surface area contributed by atoms with E-state index < -0.39 is 9.84 Å². The van der Waals surface area contributed by atoms with E-state index in [2.05, 4.69) is 21.2 Å². The molecule has 0 unspecified atom stereocenters. The van der Waals surface area contributed by atoms with Crippen LogP contribution in [0.15, 0.2) is 22.7 Å². The van der Waals surface area contributed by atoms with Crippen molar-refractivity contribution in [3.63, 3.8) is 0 Å². The van der Waals surface area contributed by atoms with Crippen LogP contribution in [0.2, 0.25) is 0 Å². The highest BCUT2D eigenvalue weighted by Gasteiger charge is 2.09. The second kappa shape index (κ2) is 7.11. The summed E-state index contributed by atoms with van der Waals surface area (Å²) in [7, 11) is -1.12. The molecule has 1 aromatic carbocycles. The number of hydrogen-bond donors (Lipinski definition) is 1. The van der Waals surface area contributed by atoms with E-state index in [1.54, 1.807) is 6.92 Å². The Kier molecular flexibility index (Phi) is 6.11. The molecule has 0 saturated carbocycles. The Bertz CT molecular complexity index is 488. The van der Waals surface area contributed by atoms with Crippen molar-refractivity contribution in [2.45, 2.75) is 13.5 Å². The minimum absolute atomic E-state index is 0.0541. The number of ether oxygens (including phenoxy) is 1. The summed E-state index contributed by atoms with van der Waals surface area (Å²) in [6.45, 7) is 2.51. The molecule has 0 aliphatic rings. The molecule has 0 aliphatic carbocycles. The lowest BCUT2D eigenvalue weighted by Crippen LogP contribution is -2.16. The van der Waals surface area contributed by atoms with E-state index in [-0.39, 0.29) is 18.1 Å². The summed E-state index contributed by atoms with van der Waals surface area (Å²) in [5, 5.41) is 3.05. The van der Waals surface area contributed by atoms with Crippen molar-refractivity contribution in [3.8, 4) is 5.75 Å². The number of halogens is 1. The number of nitrogens with one attached hydrogen (secondary N) is 1. The van der Waals surface area contributed by atoms with Gasteiger partial charge < -0.3 is 10.1 Å². The van der Waals surface area contributed by atoms with E-state index in [4.69, 9.17) is 4.74 Å². The monoisotopic (exact) mass is 335 g/mol. The molecule has 0 radical (unpaired) electrons. The van der Waals surface area contributed by atoms with Crippen LogP contribution in [-0.2, 0) is 16.4 Å². The van der Waals surface area contributed by atoms with Gasteiger partial charge in [-0.1, -0.05) is 22.9 Å². The van der Waals surface area contributed by atoms with Gasteiger partial charge in [-0.05, 0) is 25.2 Å². The van der Waals surface area contributed by atoms with Crippen molar-refractivity contribution in [1.29, 1.82) is 0 Å². The smallest absolute Gasteiger partial charge is 0.153 e. The van der Waals surface area contributed by atoms with E-state index in [1.165, 1.54) is 0 Å². The van der Waals surface area contributed by atoms with Crippen LogP contribution in [0.1, 0.15) is 12.5 Å². The maximum Gasteiger partial charge on any atom is 0.153 e. The molecule has 6 heteroatoms. The van der Waals surface area contributed by atoms with Gasteiger partial charge in [0.1, 0.15) is 12.4 Å². The average Bonchev–Trinajstić information content (AvgIpc) is 2.32. The van der Waals surface area contributed by atoms with Gasteiger partial charge in [0.2, 0.25) is 0 Å². The zero-order valence-corrected chi connectivity index (χ0v) is 13.0. The summed E-state index contributed by atoms with van der Waals surface area (Å²) in [4.78, 5) is 0. The highest BCUT2D eigenvalue weighted by Crippen LogP contribution is 2.23. The summed E-state index contributed by atoms with van der Waals surface area (Å²) < 4.78 is 29.2. The number of benzene rings is 1. The van der Waals surface area contributed by atoms with E-state index in [0.29, 0.717) is 6.54 Å². The van der Waals surface area contributed by atoms with Gasteiger partial charge in [-0.3, -0.25) is 0 Å². The second-order valence-electron chi connectivity index (χ2n) is 3.87. The largest absolute Gasteiger partial charge is 0.492 e. The molecule has 1 aromatic rings. The minimum atomic E-state index is -2.97. The maximum absolute atomic E-state index is 11.4. The van der Waals surface area contributed by atoms with Crippen LogP contribution in [0.25, 0.3) is 0 Å². The molecule has 0 heterocycles. The van der Waals surface area contributed by atoms with Crippen LogP contribution in [0.5, 0.6) is 5.75 Å². The molecule has 0 aromatic heterocycles. The first-order valence-electron chi connectivity index (χ1n) is 5.74. The molecule has 0 aliphatic heterocycles. The van der Waals surface area contributed by atoms with Gasteiger partial charge >= 0.3 is 0 Å². The standard InChI is InChI=1S/C12H18BrNO3S/c1-3-18(15,16)7-6-17-12-5-4-11(13)8-10(12)9-14-2/h4-5,8,14H,3,6-7,9H2,1-2H3. The molecule has 1 N–H and O–H groups in total. The van der Waals surface area contributed by atoms with E-state index in [9.17, 15) is 8.42 Å². The molecule has 0 bridgehead atoms. The molecule has 0 atom stereocenters. The Hall–Kier alpha value is -0.590. The predicted octanol–water partition coefficient (Wildman–Crippen LogP) is 1.98. The van der Waals surface area contributed by atoms with Crippen molar-refractivity contribution < 1.29 is 13.2 Å². The van der Waals surface area contributed by atoms with Crippen LogP contribution >= 0.6 is 15.9 Å². The number of rotatable bonds is 7. The Labute approximate surface area is 117 Å². The molecule has 4 nitrogen and oxygen atoms in total. The molecule has 102 valence electrons. The molecule has 0 amide bonds. The molecule has 0 saturated heterocycles. The molecule has 18 heavy (non-hydrogen) atoms. The van der Waals surface area contributed by atoms with Crippen LogP contribution in [-0.4, -0.2) is 33.6 Å². The zero-order valence-electron chi connectivity index (χ0n) is 10.6. The fourth-order valence-electron chi connectivity index (χ4n) is 1.44. The number of hydrogen-bond acceptors (Lipinski definition) is 4. The predicted molar refractivity (Wildman–Crippen MR) is 76.7 cm³/mol. The first-order chi connectivity index (χ1) is 8.48. The average molecular weight is 336 g/mol. The first-order valence-corrected chi connectivity index (χ1v) is 8.36. The van der Waals surface area contributed by atoms with Crippen LogP contribution in [0, 0.1) is 0 Å². The quantitative estimate of drug-likeness (QED) is 0.827. The van der Waals surface area contributed by atoms with Gasteiger partial charge in [0, 0.05) is 22.3 Å². The summed E-state index contributed by atoms with van der Waals surface area (Å²) in [6.07, 6.45) is 0. The van der Waals surface area contributed by atoms with Crippen molar-refractivity contribution >= 4 is 25.8 Å². The van der Waals surface area contributed by atoms with Crippen molar-refractivity contribution in [2.24, 2.45) is 0 Å². The SMILES string of the molecule is CCS(=O)(=O)CCOc1ccc(Br)cc1CNC. The van der Waals surface area contributed by atoms with E-state index >= 15 is 0 Å². The molecule has 1 rings (SSSR count). The van der Waals surface area contributed by atoms with Crippen LogP contribution in [0.3, 0.4) is 0 Å². The third-order valence-corrected chi connectivity index (χ3v) is 4.64. The van der Waals surface area contributed by atoms with E-state index in [0.717, 1.165) is 15.8 Å². The fourth-order valence-corrected chi connectivity index (χ4v) is 2.47. The lowest BCUT2D eigenvalue weighted by atomic mass is 10.2. The van der Waals surface area contributed by atoms with Gasteiger partial charge in [0.05, 0.1) is 5.75 Å². The van der Waals surface area contributed by atoms with Crippen LogP contribution in [0.4, 0.5) is 0 Å². The highest BCUT2D eigenvalue weighted by molar-refractivity contribution is 9.10. The molecular weight excluding hydrogens is 318 g/mol. The highest BCUT2D eigenvalue weighted by atomic mass is 79.9. The summed E-state index contributed by atoms with van der Waals surface area (Å²) in [6, 6.07) is 5.68. The Morgan fingerprint density at radius 1 is 1.39 bits per heavy atom. The van der Waals surface area contributed by atoms with Gasteiger partial charge in [-0.2, -0.15) is 0 Å². The molecule has 0 fully saturated rings. The Morgan fingerprint density at radius 3 is 2.72 bits per heavy atom. The molecule has 0 spiro atoms. The summed E-state index contributed by atoms with van der Waals surface area (Å²) >= 11 is 3.40. The fraction of sp³-hybridized carbons (Fsp3) is 0.500. The third kappa shape index (κ3) is 4.96. The van der Waals surface area contributed by atoms with Crippen LogP contribution < -0.4 is 10.1 Å². The summed E-state index contributed by atoms with van der Waals surface area (Å²) in [5.41, 5.74) is 1.00.